The van der Waals surface area contributed by atoms with Gasteiger partial charge in [-0.25, -0.2) is 4.98 Å². The van der Waals surface area contributed by atoms with Crippen LogP contribution in [-0.2, 0) is 24.4 Å². The third kappa shape index (κ3) is 3.32. The molecule has 3 rings (SSSR count). The molecule has 9 heteroatoms. The molecule has 0 saturated heterocycles. The van der Waals surface area contributed by atoms with Crippen molar-refractivity contribution < 1.29 is 23.1 Å². The van der Waals surface area contributed by atoms with E-state index in [0.717, 1.165) is 10.6 Å². The van der Waals surface area contributed by atoms with Crippen molar-refractivity contribution >= 4 is 11.6 Å². The van der Waals surface area contributed by atoms with Crippen LogP contribution in [0.1, 0.15) is 23.4 Å². The zero-order chi connectivity index (χ0) is 19.9. The predicted octanol–water partition coefficient (Wildman–Crippen LogP) is 3.04. The van der Waals surface area contributed by atoms with Crippen LogP contribution in [0.15, 0.2) is 35.4 Å². The van der Waals surface area contributed by atoms with E-state index in [1.807, 2.05) is 0 Å². The van der Waals surface area contributed by atoms with E-state index >= 15 is 0 Å². The van der Waals surface area contributed by atoms with Gasteiger partial charge in [-0.15, -0.1) is 0 Å². The fourth-order valence-electron chi connectivity index (χ4n) is 3.01. The van der Waals surface area contributed by atoms with Crippen molar-refractivity contribution in [3.63, 3.8) is 0 Å². The summed E-state index contributed by atoms with van der Waals surface area (Å²) in [5.41, 5.74) is -1.29. The van der Waals surface area contributed by atoms with Crippen molar-refractivity contribution in [1.29, 1.82) is 0 Å². The maximum atomic E-state index is 13.6. The van der Waals surface area contributed by atoms with Gasteiger partial charge in [-0.2, -0.15) is 13.2 Å². The number of pyridine rings is 2. The van der Waals surface area contributed by atoms with Crippen molar-refractivity contribution in [3.8, 4) is 11.1 Å². The average Bonchev–Trinajstić information content (AvgIpc) is 3.06. The van der Waals surface area contributed by atoms with E-state index in [-0.39, 0.29) is 29.7 Å². The summed E-state index contributed by atoms with van der Waals surface area (Å²) in [6.07, 6.45) is -1.73. The van der Waals surface area contributed by atoms with E-state index in [9.17, 15) is 22.8 Å². The molecule has 0 saturated carbocycles. The molecule has 0 unspecified atom stereocenters. The Balaban J connectivity index is 2.30. The highest BCUT2D eigenvalue weighted by molar-refractivity contribution is 5.80. The van der Waals surface area contributed by atoms with Gasteiger partial charge in [-0.1, -0.05) is 0 Å². The van der Waals surface area contributed by atoms with E-state index in [2.05, 4.69) is 4.98 Å². The van der Waals surface area contributed by atoms with Gasteiger partial charge >= 0.3 is 12.1 Å². The van der Waals surface area contributed by atoms with Crippen LogP contribution in [0.5, 0.6) is 0 Å². The van der Waals surface area contributed by atoms with E-state index in [1.54, 1.807) is 0 Å². The molecule has 0 radical (unpaired) electrons. The van der Waals surface area contributed by atoms with Gasteiger partial charge in [0.1, 0.15) is 5.65 Å². The maximum absolute atomic E-state index is 13.6. The number of carboxylic acid groups (broad SMARTS) is 1. The second-order valence-corrected chi connectivity index (χ2v) is 6.19. The fraction of sp³-hybridized carbons (Fsp3) is 0.278. The number of carbonyl (C=O) groups is 1. The Labute approximate surface area is 151 Å². The van der Waals surface area contributed by atoms with E-state index in [4.69, 9.17) is 5.11 Å². The van der Waals surface area contributed by atoms with Crippen molar-refractivity contribution in [2.75, 3.05) is 0 Å². The Kier molecular flexibility index (Phi) is 4.54. The number of aryl methyl sites for hydroxylation is 2. The average molecular weight is 379 g/mol. The number of aliphatic carboxylic acids is 1. The third-order valence-corrected chi connectivity index (χ3v) is 4.47. The molecule has 0 spiro atoms. The number of hydrogen-bond donors (Lipinski definition) is 1. The lowest BCUT2D eigenvalue weighted by Crippen LogP contribution is -2.25. The molecule has 3 aromatic rings. The van der Waals surface area contributed by atoms with Gasteiger partial charge < -0.3 is 14.1 Å². The van der Waals surface area contributed by atoms with Gasteiger partial charge in [0, 0.05) is 36.4 Å². The van der Waals surface area contributed by atoms with Crippen LogP contribution in [0.25, 0.3) is 16.8 Å². The minimum Gasteiger partial charge on any atom is -0.481 e. The Hall–Kier alpha value is -3.10. The number of nitrogens with zero attached hydrogens (tertiary/aromatic N) is 3. The van der Waals surface area contributed by atoms with E-state index < -0.39 is 28.8 Å². The lowest BCUT2D eigenvalue weighted by molar-refractivity contribution is -0.138. The number of hydrogen-bond acceptors (Lipinski definition) is 3. The van der Waals surface area contributed by atoms with Crippen LogP contribution >= 0.6 is 0 Å². The Bertz CT molecular complexity index is 1100. The number of imidazole rings is 1. The number of rotatable bonds is 4. The van der Waals surface area contributed by atoms with Crippen LogP contribution in [0.4, 0.5) is 13.2 Å². The van der Waals surface area contributed by atoms with Gasteiger partial charge in [-0.05, 0) is 31.5 Å². The van der Waals surface area contributed by atoms with Gasteiger partial charge in [-0.3, -0.25) is 9.59 Å². The van der Waals surface area contributed by atoms with Gasteiger partial charge in [0.2, 0.25) is 0 Å². The molecule has 0 fully saturated rings. The summed E-state index contributed by atoms with van der Waals surface area (Å²) in [5, 5.41) is 8.85. The highest BCUT2D eigenvalue weighted by Gasteiger charge is 2.36. The van der Waals surface area contributed by atoms with Crippen LogP contribution in [0, 0.1) is 6.92 Å². The van der Waals surface area contributed by atoms with Crippen molar-refractivity contribution in [1.82, 2.24) is 14.0 Å². The van der Waals surface area contributed by atoms with Crippen LogP contribution in [0.2, 0.25) is 0 Å². The Morgan fingerprint density at radius 3 is 2.63 bits per heavy atom. The topological polar surface area (TPSA) is 76.6 Å². The smallest absolute Gasteiger partial charge is 0.417 e. The first-order chi connectivity index (χ1) is 12.6. The van der Waals surface area contributed by atoms with Gasteiger partial charge in [0.05, 0.1) is 17.5 Å². The zero-order valence-corrected chi connectivity index (χ0v) is 14.5. The molecule has 0 aliphatic carbocycles. The number of aromatic nitrogens is 3. The molecule has 142 valence electrons. The molecule has 27 heavy (non-hydrogen) atoms. The standard InChI is InChI=1S/C18H16F3N3O3/c1-10-9-13(18(19,20)21)15(17(27)23(10)2)12-5-3-11(4-6-14(25)26)24-8-7-22-16(12)24/h3,5,7-9H,4,6H2,1-2H3,(H,25,26). The summed E-state index contributed by atoms with van der Waals surface area (Å²) in [7, 11) is 1.41. The second-order valence-electron chi connectivity index (χ2n) is 6.19. The third-order valence-electron chi connectivity index (χ3n) is 4.47. The molecular weight excluding hydrogens is 363 g/mol. The molecule has 0 bridgehead atoms. The molecular formula is C18H16F3N3O3. The lowest BCUT2D eigenvalue weighted by Gasteiger charge is -2.17. The highest BCUT2D eigenvalue weighted by atomic mass is 19.4. The van der Waals surface area contributed by atoms with Gasteiger partial charge in [0.25, 0.3) is 5.56 Å². The summed E-state index contributed by atoms with van der Waals surface area (Å²) in [4.78, 5) is 27.6. The lowest BCUT2D eigenvalue weighted by atomic mass is 10.00. The zero-order valence-electron chi connectivity index (χ0n) is 14.5. The van der Waals surface area contributed by atoms with Crippen molar-refractivity contribution in [3.05, 3.63) is 57.9 Å². The van der Waals surface area contributed by atoms with Crippen molar-refractivity contribution in [2.45, 2.75) is 25.9 Å². The first-order valence-corrected chi connectivity index (χ1v) is 8.06. The summed E-state index contributed by atoms with van der Waals surface area (Å²) < 4.78 is 43.5. The molecule has 0 atom stereocenters. The molecule has 0 amide bonds. The van der Waals surface area contributed by atoms with Crippen LogP contribution in [0.3, 0.4) is 0 Å². The van der Waals surface area contributed by atoms with Crippen LogP contribution < -0.4 is 5.56 Å². The molecule has 3 heterocycles. The van der Waals surface area contributed by atoms with Crippen molar-refractivity contribution in [2.24, 2.45) is 7.05 Å². The SMILES string of the molecule is Cc1cc(C(F)(F)F)c(-c2ccc(CCC(=O)O)n3ccnc23)c(=O)n1C. The maximum Gasteiger partial charge on any atom is 0.417 e. The molecule has 1 N–H and O–H groups in total. The largest absolute Gasteiger partial charge is 0.481 e. The Morgan fingerprint density at radius 1 is 1.30 bits per heavy atom. The first kappa shape index (κ1) is 18.7. The predicted molar refractivity (Wildman–Crippen MR) is 91.6 cm³/mol. The number of fused-ring (bicyclic) bond motifs is 1. The molecule has 0 aromatic carbocycles. The summed E-state index contributed by atoms with van der Waals surface area (Å²) in [6, 6.07) is 3.85. The summed E-state index contributed by atoms with van der Waals surface area (Å²) in [5.74, 6) is -0.987. The second kappa shape index (κ2) is 6.57. The number of alkyl halides is 3. The Morgan fingerprint density at radius 2 is 2.00 bits per heavy atom. The first-order valence-electron chi connectivity index (χ1n) is 8.06. The van der Waals surface area contributed by atoms with Crippen LogP contribution in [-0.4, -0.2) is 25.0 Å². The fourth-order valence-corrected chi connectivity index (χ4v) is 3.01. The molecule has 6 nitrogen and oxygen atoms in total. The molecule has 0 aliphatic rings. The minimum atomic E-state index is -4.71. The molecule has 3 aromatic heterocycles. The highest BCUT2D eigenvalue weighted by Crippen LogP contribution is 2.37. The number of carboxylic acids is 1. The summed E-state index contributed by atoms with van der Waals surface area (Å²) >= 11 is 0. The monoisotopic (exact) mass is 379 g/mol. The minimum absolute atomic E-state index is 0.0481. The normalized spacial score (nSPS) is 11.9. The van der Waals surface area contributed by atoms with E-state index in [0.29, 0.717) is 5.69 Å². The summed E-state index contributed by atoms with van der Waals surface area (Å²) in [6.45, 7) is 1.43. The van der Waals surface area contributed by atoms with Gasteiger partial charge in [0.15, 0.2) is 0 Å². The molecule has 0 aliphatic heterocycles. The quantitative estimate of drug-likeness (QED) is 0.756. The number of halogens is 3. The van der Waals surface area contributed by atoms with E-state index in [1.165, 1.54) is 42.9 Å².